The van der Waals surface area contributed by atoms with Gasteiger partial charge in [-0.05, 0) is 30.5 Å². The Bertz CT molecular complexity index is 616. The van der Waals surface area contributed by atoms with Crippen LogP contribution in [0.4, 0.5) is 5.82 Å². The topological polar surface area (TPSA) is 85.8 Å². The highest BCUT2D eigenvalue weighted by atomic mass is 16.2. The molecule has 0 radical (unpaired) electrons. The summed E-state index contributed by atoms with van der Waals surface area (Å²) in [5.74, 6) is 0.417. The SMILES string of the molecule is NC1(C(=O)Nc2ccn(Cc3ccncc3)n2)CCCC1. The van der Waals surface area contributed by atoms with E-state index in [1.165, 1.54) is 0 Å². The molecule has 0 bridgehead atoms. The van der Waals surface area contributed by atoms with Crippen molar-refractivity contribution < 1.29 is 4.79 Å². The van der Waals surface area contributed by atoms with Gasteiger partial charge in [0.1, 0.15) is 0 Å². The molecule has 1 aliphatic rings. The van der Waals surface area contributed by atoms with Crippen molar-refractivity contribution in [2.24, 2.45) is 5.73 Å². The van der Waals surface area contributed by atoms with Gasteiger partial charge in [0.2, 0.25) is 5.91 Å². The van der Waals surface area contributed by atoms with Crippen molar-refractivity contribution in [3.8, 4) is 0 Å². The third-order valence-corrected chi connectivity index (χ3v) is 3.92. The van der Waals surface area contributed by atoms with Crippen molar-refractivity contribution in [3.63, 3.8) is 0 Å². The standard InChI is InChI=1S/C15H19N5O/c16-15(6-1-2-7-15)14(21)18-13-5-10-20(19-13)11-12-3-8-17-9-4-12/h3-5,8-10H,1-2,6-7,11,16H2,(H,18,19,21). The minimum Gasteiger partial charge on any atom is -0.317 e. The molecule has 1 fully saturated rings. The van der Waals surface area contributed by atoms with Gasteiger partial charge >= 0.3 is 0 Å². The van der Waals surface area contributed by atoms with E-state index in [1.54, 1.807) is 23.1 Å². The van der Waals surface area contributed by atoms with Crippen LogP contribution in [0.25, 0.3) is 0 Å². The van der Waals surface area contributed by atoms with E-state index in [0.717, 1.165) is 31.2 Å². The van der Waals surface area contributed by atoms with Gasteiger partial charge in [-0.2, -0.15) is 5.10 Å². The maximum Gasteiger partial charge on any atom is 0.245 e. The van der Waals surface area contributed by atoms with E-state index in [9.17, 15) is 4.79 Å². The van der Waals surface area contributed by atoms with Crippen molar-refractivity contribution in [3.05, 3.63) is 42.4 Å². The zero-order valence-electron chi connectivity index (χ0n) is 11.8. The lowest BCUT2D eigenvalue weighted by Gasteiger charge is -2.21. The van der Waals surface area contributed by atoms with Crippen LogP contribution in [0, 0.1) is 0 Å². The van der Waals surface area contributed by atoms with Crippen LogP contribution in [0.1, 0.15) is 31.2 Å². The molecule has 3 N–H and O–H groups in total. The molecule has 110 valence electrons. The number of rotatable bonds is 4. The number of nitrogens with zero attached hydrogens (tertiary/aromatic N) is 3. The fraction of sp³-hybridized carbons (Fsp3) is 0.400. The number of anilines is 1. The summed E-state index contributed by atoms with van der Waals surface area (Å²) in [4.78, 5) is 16.2. The molecule has 0 aliphatic heterocycles. The zero-order valence-corrected chi connectivity index (χ0v) is 11.8. The molecule has 1 aliphatic carbocycles. The van der Waals surface area contributed by atoms with E-state index < -0.39 is 5.54 Å². The van der Waals surface area contributed by atoms with Crippen molar-refractivity contribution in [2.75, 3.05) is 5.32 Å². The maximum atomic E-state index is 12.2. The van der Waals surface area contributed by atoms with Crippen LogP contribution in [0.5, 0.6) is 0 Å². The predicted molar refractivity (Wildman–Crippen MR) is 79.6 cm³/mol. The van der Waals surface area contributed by atoms with Gasteiger partial charge in [-0.3, -0.25) is 14.5 Å². The lowest BCUT2D eigenvalue weighted by atomic mass is 9.98. The van der Waals surface area contributed by atoms with Gasteiger partial charge in [0.05, 0.1) is 12.1 Å². The average molecular weight is 285 g/mol. The summed E-state index contributed by atoms with van der Waals surface area (Å²) in [6.07, 6.45) is 8.86. The van der Waals surface area contributed by atoms with Gasteiger partial charge in [-0.1, -0.05) is 12.8 Å². The molecule has 0 aromatic carbocycles. The molecule has 0 atom stereocenters. The molecular weight excluding hydrogens is 266 g/mol. The van der Waals surface area contributed by atoms with Crippen LogP contribution in [0.2, 0.25) is 0 Å². The zero-order chi connectivity index (χ0) is 14.7. The Morgan fingerprint density at radius 2 is 2.00 bits per heavy atom. The first-order valence-corrected chi connectivity index (χ1v) is 7.18. The van der Waals surface area contributed by atoms with Crippen molar-refractivity contribution in [2.45, 2.75) is 37.8 Å². The van der Waals surface area contributed by atoms with Gasteiger partial charge in [0.15, 0.2) is 5.82 Å². The number of hydrogen-bond donors (Lipinski definition) is 2. The average Bonchev–Trinajstić information content (AvgIpc) is 3.10. The van der Waals surface area contributed by atoms with Crippen molar-refractivity contribution >= 4 is 11.7 Å². The second-order valence-corrected chi connectivity index (χ2v) is 5.57. The molecule has 21 heavy (non-hydrogen) atoms. The van der Waals surface area contributed by atoms with Gasteiger partial charge in [0.25, 0.3) is 0 Å². The number of hydrogen-bond acceptors (Lipinski definition) is 4. The first-order valence-electron chi connectivity index (χ1n) is 7.18. The molecule has 6 heteroatoms. The molecule has 1 amide bonds. The van der Waals surface area contributed by atoms with E-state index in [0.29, 0.717) is 12.4 Å². The summed E-state index contributed by atoms with van der Waals surface area (Å²) in [5.41, 5.74) is 6.51. The molecule has 6 nitrogen and oxygen atoms in total. The number of aromatic nitrogens is 3. The quantitative estimate of drug-likeness (QED) is 0.892. The highest BCUT2D eigenvalue weighted by Crippen LogP contribution is 2.28. The summed E-state index contributed by atoms with van der Waals surface area (Å²) in [7, 11) is 0. The molecule has 3 rings (SSSR count). The Morgan fingerprint density at radius 3 is 2.71 bits per heavy atom. The lowest BCUT2D eigenvalue weighted by molar-refractivity contribution is -0.121. The number of carbonyl (C=O) groups is 1. The Balaban J connectivity index is 1.64. The first-order chi connectivity index (χ1) is 10.2. The van der Waals surface area contributed by atoms with E-state index in [-0.39, 0.29) is 5.91 Å². The van der Waals surface area contributed by atoms with Gasteiger partial charge in [0, 0.05) is 24.7 Å². The molecule has 1 saturated carbocycles. The number of amides is 1. The monoisotopic (exact) mass is 285 g/mol. The highest BCUT2D eigenvalue weighted by Gasteiger charge is 2.37. The molecular formula is C15H19N5O. The minimum absolute atomic E-state index is 0.130. The van der Waals surface area contributed by atoms with E-state index in [1.807, 2.05) is 18.3 Å². The van der Waals surface area contributed by atoms with Crippen LogP contribution < -0.4 is 11.1 Å². The summed E-state index contributed by atoms with van der Waals surface area (Å²) in [6.45, 7) is 0.645. The normalized spacial score (nSPS) is 16.8. The summed E-state index contributed by atoms with van der Waals surface area (Å²) in [5, 5.41) is 7.18. The van der Waals surface area contributed by atoms with Gasteiger partial charge < -0.3 is 11.1 Å². The van der Waals surface area contributed by atoms with Crippen LogP contribution in [0.3, 0.4) is 0 Å². The third kappa shape index (κ3) is 3.11. The van der Waals surface area contributed by atoms with Gasteiger partial charge in [-0.15, -0.1) is 0 Å². The Morgan fingerprint density at radius 1 is 1.29 bits per heavy atom. The fourth-order valence-electron chi connectivity index (χ4n) is 2.67. The third-order valence-electron chi connectivity index (χ3n) is 3.92. The molecule has 2 aromatic rings. The summed E-state index contributed by atoms with van der Waals surface area (Å²) in [6, 6.07) is 5.66. The van der Waals surface area contributed by atoms with Crippen LogP contribution in [0.15, 0.2) is 36.8 Å². The van der Waals surface area contributed by atoms with E-state index >= 15 is 0 Å². The lowest BCUT2D eigenvalue weighted by Crippen LogP contribution is -2.48. The number of nitrogens with two attached hydrogens (primary N) is 1. The molecule has 2 heterocycles. The van der Waals surface area contributed by atoms with Crippen molar-refractivity contribution in [1.82, 2.24) is 14.8 Å². The molecule has 0 saturated heterocycles. The maximum absolute atomic E-state index is 12.2. The summed E-state index contributed by atoms with van der Waals surface area (Å²) < 4.78 is 1.78. The van der Waals surface area contributed by atoms with Crippen LogP contribution in [-0.4, -0.2) is 26.2 Å². The van der Waals surface area contributed by atoms with E-state index in [4.69, 9.17) is 5.73 Å². The van der Waals surface area contributed by atoms with Crippen LogP contribution in [-0.2, 0) is 11.3 Å². The largest absolute Gasteiger partial charge is 0.317 e. The fourth-order valence-corrected chi connectivity index (χ4v) is 2.67. The minimum atomic E-state index is -0.727. The molecule has 0 spiro atoms. The van der Waals surface area contributed by atoms with Crippen LogP contribution >= 0.6 is 0 Å². The van der Waals surface area contributed by atoms with E-state index in [2.05, 4.69) is 15.4 Å². The Hall–Kier alpha value is -2.21. The summed E-state index contributed by atoms with van der Waals surface area (Å²) >= 11 is 0. The first kappa shape index (κ1) is 13.8. The number of pyridine rings is 1. The predicted octanol–water partition coefficient (Wildman–Crippen LogP) is 1.54. The smallest absolute Gasteiger partial charge is 0.245 e. The molecule has 0 unspecified atom stereocenters. The number of carbonyl (C=O) groups excluding carboxylic acids is 1. The highest BCUT2D eigenvalue weighted by molar-refractivity contribution is 5.97. The van der Waals surface area contributed by atoms with Crippen molar-refractivity contribution in [1.29, 1.82) is 0 Å². The number of nitrogens with one attached hydrogen (secondary N) is 1. The second-order valence-electron chi connectivity index (χ2n) is 5.57. The Kier molecular flexibility index (Phi) is 3.70. The van der Waals surface area contributed by atoms with Gasteiger partial charge in [-0.25, -0.2) is 0 Å². The second kappa shape index (κ2) is 5.65. The molecule has 2 aromatic heterocycles. The Labute approximate surface area is 123 Å².